The van der Waals surface area contributed by atoms with Crippen molar-refractivity contribution >= 4 is 18.0 Å². The summed E-state index contributed by atoms with van der Waals surface area (Å²) in [4.78, 5) is 19.4. The average molecular weight is 479 g/mol. The Morgan fingerprint density at radius 2 is 1.79 bits per heavy atom. The van der Waals surface area contributed by atoms with E-state index in [9.17, 15) is 9.18 Å². The number of imidazole rings is 1. The number of H-pyrrole nitrogens is 1. The van der Waals surface area contributed by atoms with Gasteiger partial charge in [-0.05, 0) is 73.0 Å². The number of urea groups is 1. The molecule has 0 bridgehead atoms. The summed E-state index contributed by atoms with van der Waals surface area (Å²) >= 11 is 0.903. The molecule has 3 aromatic carbocycles. The van der Waals surface area contributed by atoms with Gasteiger partial charge in [0.05, 0.1) is 16.8 Å². The van der Waals surface area contributed by atoms with Crippen molar-refractivity contribution in [3.05, 3.63) is 90.6 Å². The quantitative estimate of drug-likeness (QED) is 0.260. The van der Waals surface area contributed by atoms with Crippen LogP contribution in [0.5, 0.6) is 17.2 Å². The van der Waals surface area contributed by atoms with Gasteiger partial charge in [-0.3, -0.25) is 4.72 Å². The molecule has 0 fully saturated rings. The van der Waals surface area contributed by atoms with Crippen LogP contribution in [0.3, 0.4) is 0 Å². The highest BCUT2D eigenvalue weighted by molar-refractivity contribution is 7.98. The van der Waals surface area contributed by atoms with Crippen molar-refractivity contribution in [1.29, 1.82) is 0 Å². The Balaban J connectivity index is 1.33. The number of aromatic nitrogens is 2. The zero-order chi connectivity index (χ0) is 23.8. The van der Waals surface area contributed by atoms with E-state index in [4.69, 9.17) is 9.47 Å². The van der Waals surface area contributed by atoms with E-state index in [1.807, 2.05) is 42.5 Å². The summed E-state index contributed by atoms with van der Waals surface area (Å²) in [6, 6.07) is 21.0. The molecule has 0 aliphatic carbocycles. The lowest BCUT2D eigenvalue weighted by atomic mass is 10.1. The molecule has 9 heteroatoms. The first-order valence-corrected chi connectivity index (χ1v) is 11.4. The van der Waals surface area contributed by atoms with Gasteiger partial charge in [-0.25, -0.2) is 14.2 Å². The third kappa shape index (κ3) is 6.29. The van der Waals surface area contributed by atoms with Gasteiger partial charge in [-0.2, -0.15) is 0 Å². The van der Waals surface area contributed by atoms with Crippen LogP contribution in [-0.2, 0) is 6.61 Å². The largest absolute Gasteiger partial charge is 0.486 e. The molecule has 7 nitrogen and oxygen atoms in total. The maximum atomic E-state index is 14.4. The zero-order valence-electron chi connectivity index (χ0n) is 18.4. The van der Waals surface area contributed by atoms with Crippen molar-refractivity contribution in [2.45, 2.75) is 18.4 Å². The summed E-state index contributed by atoms with van der Waals surface area (Å²) in [6.45, 7) is 2.63. The lowest BCUT2D eigenvalue weighted by molar-refractivity contribution is 0.247. The van der Waals surface area contributed by atoms with Crippen LogP contribution in [0.2, 0.25) is 0 Å². The van der Waals surface area contributed by atoms with Crippen LogP contribution in [0, 0.1) is 5.82 Å². The minimum absolute atomic E-state index is 0.292. The van der Waals surface area contributed by atoms with E-state index < -0.39 is 5.82 Å². The fraction of sp³-hybridized carbons (Fsp3) is 0.120. The van der Waals surface area contributed by atoms with Crippen LogP contribution < -0.4 is 19.5 Å². The number of rotatable bonds is 9. The van der Waals surface area contributed by atoms with E-state index in [0.29, 0.717) is 35.4 Å². The summed E-state index contributed by atoms with van der Waals surface area (Å²) in [5.41, 5.74) is 1.78. The second-order valence-electron chi connectivity index (χ2n) is 7.13. The van der Waals surface area contributed by atoms with Gasteiger partial charge in [0, 0.05) is 12.6 Å². The predicted octanol–water partition coefficient (Wildman–Crippen LogP) is 5.91. The van der Waals surface area contributed by atoms with E-state index in [1.165, 1.54) is 6.07 Å². The summed E-state index contributed by atoms with van der Waals surface area (Å²) in [5, 5.41) is 2.58. The number of carbonyl (C=O) groups excluding carboxylic acids is 1. The van der Waals surface area contributed by atoms with Gasteiger partial charge in [0.2, 0.25) is 0 Å². The molecule has 4 rings (SSSR count). The van der Waals surface area contributed by atoms with Crippen molar-refractivity contribution in [3.8, 4) is 28.5 Å². The fourth-order valence-electron chi connectivity index (χ4n) is 3.02. The van der Waals surface area contributed by atoms with Crippen LogP contribution in [-0.4, -0.2) is 22.5 Å². The molecular weight excluding hydrogens is 455 g/mol. The number of nitrogens with zero attached hydrogens (tertiary/aromatic N) is 1. The van der Waals surface area contributed by atoms with Gasteiger partial charge >= 0.3 is 6.03 Å². The fourth-order valence-corrected chi connectivity index (χ4v) is 3.58. The number of ether oxygens (including phenoxy) is 2. The Kier molecular flexibility index (Phi) is 7.67. The van der Waals surface area contributed by atoms with Crippen molar-refractivity contribution < 1.29 is 18.7 Å². The number of nitrogens with one attached hydrogen (secondary N) is 3. The van der Waals surface area contributed by atoms with E-state index in [2.05, 4.69) is 20.0 Å². The summed E-state index contributed by atoms with van der Waals surface area (Å²) in [5.74, 6) is 1.93. The minimum Gasteiger partial charge on any atom is -0.486 e. The number of hydrogen-bond acceptors (Lipinski definition) is 5. The molecule has 0 aliphatic rings. The number of carbonyl (C=O) groups is 1. The number of benzene rings is 3. The Hall–Kier alpha value is -3.98. The second kappa shape index (κ2) is 11.2. The van der Waals surface area contributed by atoms with Crippen molar-refractivity contribution in [2.75, 3.05) is 6.54 Å². The third-order valence-corrected chi connectivity index (χ3v) is 5.48. The van der Waals surface area contributed by atoms with Gasteiger partial charge in [0.25, 0.3) is 0 Å². The van der Waals surface area contributed by atoms with Gasteiger partial charge < -0.3 is 19.8 Å². The topological polar surface area (TPSA) is 88.3 Å². The molecule has 2 amide bonds. The Morgan fingerprint density at radius 1 is 1.03 bits per heavy atom. The number of halogens is 1. The maximum absolute atomic E-state index is 14.4. The molecule has 4 aromatic rings. The molecule has 0 radical (unpaired) electrons. The number of para-hydroxylation sites is 1. The summed E-state index contributed by atoms with van der Waals surface area (Å²) < 4.78 is 28.4. The molecule has 0 saturated heterocycles. The van der Waals surface area contributed by atoms with Crippen LogP contribution >= 0.6 is 11.9 Å². The zero-order valence-corrected chi connectivity index (χ0v) is 19.2. The minimum atomic E-state index is -0.487. The highest BCUT2D eigenvalue weighted by atomic mass is 32.2. The average Bonchev–Trinajstić information content (AvgIpc) is 3.33. The lowest BCUT2D eigenvalue weighted by Crippen LogP contribution is -2.30. The second-order valence-corrected chi connectivity index (χ2v) is 7.98. The highest BCUT2D eigenvalue weighted by Crippen LogP contribution is 2.28. The van der Waals surface area contributed by atoms with Crippen molar-refractivity contribution in [3.63, 3.8) is 0 Å². The summed E-state index contributed by atoms with van der Waals surface area (Å²) in [7, 11) is 0. The third-order valence-electron chi connectivity index (χ3n) is 4.64. The van der Waals surface area contributed by atoms with E-state index >= 15 is 0 Å². The molecule has 1 aromatic heterocycles. The molecule has 0 aliphatic heterocycles. The highest BCUT2D eigenvalue weighted by Gasteiger charge is 2.09. The SMILES string of the molecule is CCNC(=O)NSc1ccc(Oc2ccc(-c3cnc(COc4ccccc4)[nH]3)cc2)cc1F. The molecule has 0 atom stereocenters. The van der Waals surface area contributed by atoms with Crippen LogP contribution in [0.4, 0.5) is 9.18 Å². The first-order chi connectivity index (χ1) is 16.6. The predicted molar refractivity (Wildman–Crippen MR) is 129 cm³/mol. The number of aromatic amines is 1. The molecule has 0 saturated carbocycles. The molecule has 34 heavy (non-hydrogen) atoms. The monoisotopic (exact) mass is 478 g/mol. The van der Waals surface area contributed by atoms with Gasteiger partial charge in [0.1, 0.15) is 35.5 Å². The molecule has 3 N–H and O–H groups in total. The Labute approximate surface area is 200 Å². The Morgan fingerprint density at radius 3 is 2.53 bits per heavy atom. The van der Waals surface area contributed by atoms with Crippen LogP contribution in [0.25, 0.3) is 11.3 Å². The molecule has 174 valence electrons. The van der Waals surface area contributed by atoms with Gasteiger partial charge in [0.15, 0.2) is 0 Å². The van der Waals surface area contributed by atoms with Crippen molar-refractivity contribution in [2.24, 2.45) is 0 Å². The first-order valence-electron chi connectivity index (χ1n) is 10.6. The van der Waals surface area contributed by atoms with Crippen molar-refractivity contribution in [1.82, 2.24) is 20.0 Å². The molecule has 0 spiro atoms. The number of amides is 2. The van der Waals surface area contributed by atoms with Gasteiger partial charge in [-0.15, -0.1) is 0 Å². The smallest absolute Gasteiger partial charge is 0.325 e. The summed E-state index contributed by atoms with van der Waals surface area (Å²) in [6.07, 6.45) is 1.75. The molecule has 0 unspecified atom stereocenters. The standard InChI is InChI=1S/C25H23FN4O3S/c1-2-27-25(31)30-34-23-13-12-20(14-21(23)26)33-19-10-8-17(9-11-19)22-15-28-24(29-22)16-32-18-6-4-3-5-7-18/h3-15H,2,16H2,1H3,(H,28,29)(H2,27,30,31). The first kappa shape index (κ1) is 23.2. The van der Waals surface area contributed by atoms with E-state index in [-0.39, 0.29) is 6.03 Å². The van der Waals surface area contributed by atoms with Crippen LogP contribution in [0.15, 0.2) is 83.9 Å². The van der Waals surface area contributed by atoms with Gasteiger partial charge in [-0.1, -0.05) is 18.2 Å². The normalized spacial score (nSPS) is 10.5. The molecular formula is C25H23FN4O3S. The number of hydrogen-bond donors (Lipinski definition) is 3. The molecule has 1 heterocycles. The Bertz CT molecular complexity index is 1230. The van der Waals surface area contributed by atoms with E-state index in [0.717, 1.165) is 29.0 Å². The van der Waals surface area contributed by atoms with Crippen LogP contribution in [0.1, 0.15) is 12.7 Å². The van der Waals surface area contributed by atoms with E-state index in [1.54, 1.807) is 37.4 Å². The maximum Gasteiger partial charge on any atom is 0.325 e. The lowest BCUT2D eigenvalue weighted by Gasteiger charge is -2.09.